The van der Waals surface area contributed by atoms with E-state index in [2.05, 4.69) is 5.73 Å². The van der Waals surface area contributed by atoms with E-state index in [1.165, 1.54) is 0 Å². The molecule has 0 spiro atoms. The minimum atomic E-state index is -3.37. The summed E-state index contributed by atoms with van der Waals surface area (Å²) in [4.78, 5) is 0. The Hall–Kier alpha value is -0.120. The summed E-state index contributed by atoms with van der Waals surface area (Å²) in [5, 5.41) is 0.457. The quantitative estimate of drug-likeness (QED) is 0.220. The van der Waals surface area contributed by atoms with Gasteiger partial charge in [-0.3, -0.25) is 4.57 Å². The summed E-state index contributed by atoms with van der Waals surface area (Å²) < 4.78 is 34.4. The zero-order valence-corrected chi connectivity index (χ0v) is 15.8. The normalized spacial score (nSPS) is 12.8. The molecule has 5 nitrogen and oxygen atoms in total. The van der Waals surface area contributed by atoms with E-state index >= 15 is 0 Å². The number of alkyl halides is 1. The Labute approximate surface area is 139 Å². The monoisotopic (exact) mass is 354 g/mol. The second kappa shape index (κ2) is 12.3. The maximum Gasteiger partial charge on any atom is 0.365 e. The first-order valence-electron chi connectivity index (χ1n) is 7.57. The molecule has 0 radical (unpaired) electrons. The lowest BCUT2D eigenvalue weighted by molar-refractivity contribution is -0.126. The van der Waals surface area contributed by atoms with Gasteiger partial charge < -0.3 is 18.5 Å². The smallest absolute Gasteiger partial charge is 0.353 e. The van der Waals surface area contributed by atoms with Crippen molar-refractivity contribution >= 4 is 19.2 Å². The van der Waals surface area contributed by atoms with E-state index in [-0.39, 0.29) is 6.29 Å². The summed E-state index contributed by atoms with van der Waals surface area (Å²) in [6.45, 7) is 10.6. The first kappa shape index (κ1) is 21.9. The van der Waals surface area contributed by atoms with Gasteiger partial charge in [-0.25, -0.2) is 0 Å². The molecule has 0 aromatic rings. The third kappa shape index (κ3) is 8.50. The summed E-state index contributed by atoms with van der Waals surface area (Å²) in [5.41, 5.74) is 3.82. The van der Waals surface area contributed by atoms with Crippen LogP contribution in [0.15, 0.2) is 16.6 Å². The topological polar surface area (TPSA) is 54.0 Å². The third-order valence-corrected chi connectivity index (χ3v) is 5.17. The Bertz CT molecular complexity index is 408. The van der Waals surface area contributed by atoms with Crippen molar-refractivity contribution in [3.8, 4) is 0 Å². The highest BCUT2D eigenvalue weighted by Crippen LogP contribution is 2.56. The molecule has 0 aliphatic rings. The molecular weight excluding hydrogens is 327 g/mol. The zero-order chi connectivity index (χ0) is 17.0. The molecule has 0 saturated carbocycles. The van der Waals surface area contributed by atoms with Gasteiger partial charge >= 0.3 is 7.60 Å². The molecule has 0 N–H and O–H groups in total. The number of halogens is 1. The van der Waals surface area contributed by atoms with Gasteiger partial charge in [-0.15, -0.1) is 17.3 Å². The number of ether oxygens (including phenoxy) is 2. The summed E-state index contributed by atoms with van der Waals surface area (Å²) in [6.07, 6.45) is 0.0612. The number of hydrogen-bond acceptors (Lipinski definition) is 5. The van der Waals surface area contributed by atoms with Crippen LogP contribution >= 0.6 is 19.2 Å². The Morgan fingerprint density at radius 2 is 1.73 bits per heavy atom. The predicted octanol–water partition coefficient (Wildman–Crippen LogP) is 4.71. The van der Waals surface area contributed by atoms with Crippen LogP contribution in [0.1, 0.15) is 41.0 Å². The third-order valence-electron chi connectivity index (χ3n) is 2.58. The van der Waals surface area contributed by atoms with Crippen LogP contribution < -0.4 is 0 Å². The average molecular weight is 355 g/mol. The Kier molecular flexibility index (Phi) is 12.3. The van der Waals surface area contributed by atoms with Gasteiger partial charge in [0.1, 0.15) is 0 Å². The van der Waals surface area contributed by atoms with Gasteiger partial charge in [-0.1, -0.05) is 0 Å². The van der Waals surface area contributed by atoms with Crippen LogP contribution in [0.4, 0.5) is 0 Å². The highest BCUT2D eigenvalue weighted by Gasteiger charge is 2.29. The van der Waals surface area contributed by atoms with E-state index in [1.54, 1.807) is 13.8 Å². The number of hydrogen-bond donors (Lipinski definition) is 0. The Morgan fingerprint density at radius 1 is 1.14 bits per heavy atom. The molecule has 1 atom stereocenters. The molecule has 130 valence electrons. The van der Waals surface area contributed by atoms with Gasteiger partial charge in [0.25, 0.3) is 0 Å². The van der Waals surface area contributed by atoms with Crippen LogP contribution in [0.25, 0.3) is 0 Å². The Morgan fingerprint density at radius 3 is 2.18 bits per heavy atom. The van der Waals surface area contributed by atoms with Crippen molar-refractivity contribution < 1.29 is 23.1 Å². The molecule has 0 aliphatic heterocycles. The second-order valence-corrected chi connectivity index (χ2v) is 6.78. The standard InChI is InChI=1S/C15H28ClO5P/c1-6-18-14(5)19-10-9-15(11-13(4)12-16)22(17,20-7-2)21-8-3/h14H,6-10,12H2,1-5H3. The van der Waals surface area contributed by atoms with E-state index in [0.29, 0.717) is 44.0 Å². The lowest BCUT2D eigenvalue weighted by atomic mass is 10.3. The summed E-state index contributed by atoms with van der Waals surface area (Å²) in [5.74, 6) is 0.304. The minimum Gasteiger partial charge on any atom is -0.353 e. The van der Waals surface area contributed by atoms with Crippen LogP contribution in [0.3, 0.4) is 0 Å². The maximum absolute atomic E-state index is 12.9. The number of rotatable bonds is 12. The molecule has 0 heterocycles. The molecule has 0 aromatic heterocycles. The fraction of sp³-hybridized carbons (Fsp3) is 0.800. The van der Waals surface area contributed by atoms with Gasteiger partial charge in [0, 0.05) is 13.0 Å². The van der Waals surface area contributed by atoms with Gasteiger partial charge in [-0.2, -0.15) is 0 Å². The van der Waals surface area contributed by atoms with Crippen LogP contribution in [0.2, 0.25) is 0 Å². The van der Waals surface area contributed by atoms with E-state index in [4.69, 9.17) is 30.1 Å². The van der Waals surface area contributed by atoms with Gasteiger partial charge in [0.2, 0.25) is 0 Å². The lowest BCUT2D eigenvalue weighted by Gasteiger charge is -2.19. The van der Waals surface area contributed by atoms with Gasteiger partial charge in [-0.05, 0) is 40.2 Å². The van der Waals surface area contributed by atoms with Crippen molar-refractivity contribution in [1.82, 2.24) is 0 Å². The fourth-order valence-electron chi connectivity index (χ4n) is 1.69. The fourth-order valence-corrected chi connectivity index (χ4v) is 3.51. The molecule has 0 aromatic carbocycles. The van der Waals surface area contributed by atoms with E-state index in [1.807, 2.05) is 20.8 Å². The van der Waals surface area contributed by atoms with Crippen molar-refractivity contribution in [1.29, 1.82) is 0 Å². The second-order valence-electron chi connectivity index (χ2n) is 4.46. The molecule has 1 unspecified atom stereocenters. The molecule has 22 heavy (non-hydrogen) atoms. The molecule has 0 saturated heterocycles. The van der Waals surface area contributed by atoms with E-state index in [9.17, 15) is 4.57 Å². The van der Waals surface area contributed by atoms with Crippen LogP contribution in [-0.2, 0) is 23.1 Å². The molecule has 0 rings (SSSR count). The molecule has 0 aliphatic carbocycles. The van der Waals surface area contributed by atoms with Gasteiger partial charge in [0.05, 0.1) is 31.0 Å². The largest absolute Gasteiger partial charge is 0.365 e. The molecular formula is C15H28ClO5P. The first-order valence-corrected chi connectivity index (χ1v) is 9.65. The van der Waals surface area contributed by atoms with Crippen LogP contribution in [0.5, 0.6) is 0 Å². The van der Waals surface area contributed by atoms with E-state index < -0.39 is 7.60 Å². The highest BCUT2D eigenvalue weighted by atomic mass is 35.5. The predicted molar refractivity (Wildman–Crippen MR) is 89.4 cm³/mol. The first-order chi connectivity index (χ1) is 10.4. The molecule has 0 amide bonds. The van der Waals surface area contributed by atoms with Crippen molar-refractivity contribution in [3.05, 3.63) is 16.6 Å². The average Bonchev–Trinajstić information content (AvgIpc) is 2.46. The minimum absolute atomic E-state index is 0.290. The Balaban J connectivity index is 5.14. The molecule has 7 heteroatoms. The summed E-state index contributed by atoms with van der Waals surface area (Å²) in [6, 6.07) is 0. The maximum atomic E-state index is 12.9. The lowest BCUT2D eigenvalue weighted by Crippen LogP contribution is -2.14. The van der Waals surface area contributed by atoms with Crippen molar-refractivity contribution in [2.45, 2.75) is 47.3 Å². The van der Waals surface area contributed by atoms with E-state index in [0.717, 1.165) is 5.57 Å². The molecule has 0 fully saturated rings. The van der Waals surface area contributed by atoms with Crippen LogP contribution in [0, 0.1) is 0 Å². The highest BCUT2D eigenvalue weighted by molar-refractivity contribution is 7.58. The van der Waals surface area contributed by atoms with Crippen molar-refractivity contribution in [3.63, 3.8) is 0 Å². The van der Waals surface area contributed by atoms with Crippen LogP contribution in [-0.4, -0.2) is 38.6 Å². The van der Waals surface area contributed by atoms with Crippen molar-refractivity contribution in [2.75, 3.05) is 32.3 Å². The van der Waals surface area contributed by atoms with Crippen molar-refractivity contribution in [2.24, 2.45) is 0 Å². The SMILES string of the molecule is CCOC(C)OCCC(=C=C(C)CCl)P(=O)(OCC)OCC. The summed E-state index contributed by atoms with van der Waals surface area (Å²) >= 11 is 5.79. The zero-order valence-electron chi connectivity index (χ0n) is 14.2. The molecule has 0 bridgehead atoms. The summed E-state index contributed by atoms with van der Waals surface area (Å²) in [7, 11) is -3.37. The van der Waals surface area contributed by atoms with Gasteiger partial charge in [0.15, 0.2) is 6.29 Å².